The molecule has 0 saturated carbocycles. The van der Waals surface area contributed by atoms with Crippen LogP contribution in [-0.2, 0) is 6.42 Å². The Balaban J connectivity index is 1.10. The number of benzene rings is 9. The Morgan fingerprint density at radius 2 is 1.25 bits per heavy atom. The van der Waals surface area contributed by atoms with Crippen LogP contribution in [0, 0.1) is 0 Å². The fourth-order valence-corrected chi connectivity index (χ4v) is 8.09. The van der Waals surface area contributed by atoms with Crippen LogP contribution in [0.15, 0.2) is 182 Å². The Bertz CT molecular complexity index is 2870. The molecule has 0 radical (unpaired) electrons. The van der Waals surface area contributed by atoms with Crippen molar-refractivity contribution in [1.29, 1.82) is 0 Å². The molecule has 1 atom stereocenters. The zero-order valence-corrected chi connectivity index (χ0v) is 29.1. The second kappa shape index (κ2) is 12.8. The van der Waals surface area contributed by atoms with Gasteiger partial charge in [0.2, 0.25) is 0 Å². The minimum absolute atomic E-state index is 0.435. The first-order valence-electron chi connectivity index (χ1n) is 18.2. The van der Waals surface area contributed by atoms with Crippen molar-refractivity contribution in [3.8, 4) is 33.8 Å². The Kier molecular flexibility index (Phi) is 7.52. The fourth-order valence-electron chi connectivity index (χ4n) is 8.09. The van der Waals surface area contributed by atoms with Crippen molar-refractivity contribution in [2.75, 3.05) is 0 Å². The lowest BCUT2D eigenvalue weighted by Crippen LogP contribution is -2.27. The van der Waals surface area contributed by atoms with E-state index in [0.717, 1.165) is 44.8 Å². The van der Waals surface area contributed by atoms with E-state index in [0.29, 0.717) is 6.42 Å². The zero-order chi connectivity index (χ0) is 35.3. The summed E-state index contributed by atoms with van der Waals surface area (Å²) >= 11 is 0. The topological polar surface area (TPSA) is 47.3 Å². The number of nitrogens with two attached hydrogens (primary N) is 1. The summed E-state index contributed by atoms with van der Waals surface area (Å²) in [6.07, 6.45) is 2.59. The van der Waals surface area contributed by atoms with E-state index in [1.54, 1.807) is 0 Å². The van der Waals surface area contributed by atoms with Gasteiger partial charge in [0.25, 0.3) is 0 Å². The third-order valence-corrected chi connectivity index (χ3v) is 10.7. The van der Waals surface area contributed by atoms with E-state index in [-0.39, 0.29) is 0 Å². The van der Waals surface area contributed by atoms with Crippen molar-refractivity contribution in [1.82, 2.24) is 5.32 Å². The van der Waals surface area contributed by atoms with Gasteiger partial charge in [-0.2, -0.15) is 0 Å². The predicted octanol–water partition coefficient (Wildman–Crippen LogP) is 12.6. The number of fused-ring (bicyclic) bond motifs is 6. The number of hydrogen-bond acceptors (Lipinski definition) is 3. The molecule has 1 heterocycles. The average Bonchev–Trinajstić information content (AvgIpc) is 3.22. The number of ether oxygens (including phenoxy) is 1. The fraction of sp³-hybridized carbons (Fsp3) is 0.0400. The molecule has 3 N–H and O–H groups in total. The van der Waals surface area contributed by atoms with Crippen LogP contribution in [0.4, 0.5) is 0 Å². The van der Waals surface area contributed by atoms with E-state index in [1.165, 1.54) is 54.4 Å². The first-order valence-corrected chi connectivity index (χ1v) is 18.2. The molecular weight excluding hydrogens is 645 g/mol. The molecular formula is C50H36N2O. The van der Waals surface area contributed by atoms with Crippen LogP contribution in [0.25, 0.3) is 71.0 Å². The SMILES string of the molecule is NC(N/C(=C\Cc1c2ccccc2cc2c1ccc1ccccc12)c1ccc2c(c1)-c1cccc3cccc(c13)O2)c1ccc(-c2ccccc2)cc1. The van der Waals surface area contributed by atoms with Gasteiger partial charge in [0, 0.05) is 16.6 Å². The first-order chi connectivity index (χ1) is 26.2. The van der Waals surface area contributed by atoms with E-state index in [1.807, 2.05) is 6.07 Å². The molecule has 9 aromatic carbocycles. The second-order valence-corrected chi connectivity index (χ2v) is 13.9. The summed E-state index contributed by atoms with van der Waals surface area (Å²) in [7, 11) is 0. The van der Waals surface area contributed by atoms with Gasteiger partial charge in [-0.1, -0.05) is 152 Å². The Morgan fingerprint density at radius 3 is 2.09 bits per heavy atom. The third kappa shape index (κ3) is 5.50. The van der Waals surface area contributed by atoms with Crippen molar-refractivity contribution in [2.24, 2.45) is 5.73 Å². The van der Waals surface area contributed by atoms with Crippen molar-refractivity contribution in [3.05, 3.63) is 199 Å². The zero-order valence-electron chi connectivity index (χ0n) is 29.1. The normalized spacial score (nSPS) is 12.9. The molecule has 3 heteroatoms. The van der Waals surface area contributed by atoms with Gasteiger partial charge in [0.05, 0.1) is 0 Å². The lowest BCUT2D eigenvalue weighted by Gasteiger charge is -2.24. The van der Waals surface area contributed by atoms with Crippen LogP contribution in [0.3, 0.4) is 0 Å². The average molecular weight is 681 g/mol. The van der Waals surface area contributed by atoms with Crippen LogP contribution >= 0.6 is 0 Å². The largest absolute Gasteiger partial charge is 0.456 e. The monoisotopic (exact) mass is 680 g/mol. The predicted molar refractivity (Wildman–Crippen MR) is 222 cm³/mol. The molecule has 1 aliphatic heterocycles. The summed E-state index contributed by atoms with van der Waals surface area (Å²) < 4.78 is 6.48. The first kappa shape index (κ1) is 31.1. The number of rotatable bonds is 7. The van der Waals surface area contributed by atoms with E-state index >= 15 is 0 Å². The van der Waals surface area contributed by atoms with E-state index in [9.17, 15) is 0 Å². The molecule has 9 aromatic rings. The molecule has 0 spiro atoms. The van der Waals surface area contributed by atoms with Gasteiger partial charge in [-0.3, -0.25) is 0 Å². The summed E-state index contributed by atoms with van der Waals surface area (Å²) in [6.45, 7) is 0. The smallest absolute Gasteiger partial charge is 0.135 e. The molecule has 10 rings (SSSR count). The summed E-state index contributed by atoms with van der Waals surface area (Å²) in [5.74, 6) is 1.75. The Morgan fingerprint density at radius 1 is 0.528 bits per heavy atom. The maximum atomic E-state index is 7.02. The lowest BCUT2D eigenvalue weighted by molar-refractivity contribution is 0.487. The van der Waals surface area contributed by atoms with Gasteiger partial charge in [0.1, 0.15) is 17.7 Å². The molecule has 1 aliphatic rings. The molecule has 0 saturated heterocycles. The molecule has 0 bridgehead atoms. The maximum absolute atomic E-state index is 7.02. The van der Waals surface area contributed by atoms with Crippen molar-refractivity contribution < 1.29 is 4.74 Å². The van der Waals surface area contributed by atoms with Crippen molar-refractivity contribution >= 4 is 48.8 Å². The van der Waals surface area contributed by atoms with E-state index in [2.05, 4.69) is 181 Å². The highest BCUT2D eigenvalue weighted by Gasteiger charge is 2.21. The van der Waals surface area contributed by atoms with Gasteiger partial charge in [0.15, 0.2) is 0 Å². The molecule has 53 heavy (non-hydrogen) atoms. The van der Waals surface area contributed by atoms with Crippen LogP contribution in [0.1, 0.15) is 22.9 Å². The number of nitrogens with one attached hydrogen (secondary N) is 1. The van der Waals surface area contributed by atoms with E-state index < -0.39 is 6.17 Å². The van der Waals surface area contributed by atoms with Gasteiger partial charge in [-0.05, 0) is 108 Å². The van der Waals surface area contributed by atoms with Gasteiger partial charge >= 0.3 is 0 Å². The van der Waals surface area contributed by atoms with Gasteiger partial charge in [-0.25, -0.2) is 0 Å². The molecule has 3 nitrogen and oxygen atoms in total. The Labute approximate surface area is 308 Å². The molecule has 0 aliphatic carbocycles. The minimum Gasteiger partial charge on any atom is -0.456 e. The quantitative estimate of drug-likeness (QED) is 0.100. The van der Waals surface area contributed by atoms with Crippen LogP contribution in [-0.4, -0.2) is 0 Å². The highest BCUT2D eigenvalue weighted by molar-refractivity contribution is 6.14. The molecule has 0 fully saturated rings. The summed E-state index contributed by atoms with van der Waals surface area (Å²) in [4.78, 5) is 0. The standard InChI is InChI=1S/C50H36N2O/c51-50(36-22-20-33(21-23-36)32-10-2-1-3-11-32)52-46(38-25-29-47-45(31-38)43-18-8-14-35-15-9-19-48(53-47)49(35)43)28-27-41-40-17-7-5-13-37(40)30-44-39-16-6-4-12-34(39)24-26-42(41)44/h1-26,28-31,50,52H,27,51H2/b46-28-. The Hall–Kier alpha value is -6.68. The van der Waals surface area contributed by atoms with Gasteiger partial charge in [-0.15, -0.1) is 0 Å². The molecule has 1 unspecified atom stereocenters. The van der Waals surface area contributed by atoms with E-state index in [4.69, 9.17) is 10.5 Å². The number of hydrogen-bond donors (Lipinski definition) is 2. The van der Waals surface area contributed by atoms with Crippen molar-refractivity contribution in [2.45, 2.75) is 12.6 Å². The summed E-state index contributed by atoms with van der Waals surface area (Å²) in [5.41, 5.74) is 15.9. The molecule has 0 amide bonds. The molecule has 252 valence electrons. The molecule has 0 aromatic heterocycles. The second-order valence-electron chi connectivity index (χ2n) is 13.9. The highest BCUT2D eigenvalue weighted by atomic mass is 16.5. The van der Waals surface area contributed by atoms with Crippen LogP contribution < -0.4 is 15.8 Å². The van der Waals surface area contributed by atoms with Crippen LogP contribution in [0.5, 0.6) is 11.5 Å². The minimum atomic E-state index is -0.435. The maximum Gasteiger partial charge on any atom is 0.135 e. The third-order valence-electron chi connectivity index (χ3n) is 10.7. The number of allylic oxidation sites excluding steroid dienone is 1. The van der Waals surface area contributed by atoms with Crippen LogP contribution in [0.2, 0.25) is 0 Å². The lowest BCUT2D eigenvalue weighted by atomic mass is 9.91. The summed E-state index contributed by atoms with van der Waals surface area (Å²) in [5, 5.41) is 13.6. The highest BCUT2D eigenvalue weighted by Crippen LogP contribution is 2.47. The van der Waals surface area contributed by atoms with Crippen molar-refractivity contribution in [3.63, 3.8) is 0 Å². The summed E-state index contributed by atoms with van der Waals surface area (Å²) in [6, 6.07) is 62.5. The van der Waals surface area contributed by atoms with Gasteiger partial charge < -0.3 is 15.8 Å².